The summed E-state index contributed by atoms with van der Waals surface area (Å²) in [5, 5.41) is 14.8. The second-order valence-corrected chi connectivity index (χ2v) is 5.81. The lowest BCUT2D eigenvalue weighted by Gasteiger charge is -2.29. The van der Waals surface area contributed by atoms with Gasteiger partial charge in [-0.25, -0.2) is 4.79 Å². The highest BCUT2D eigenvalue weighted by atomic mass is 16.3. The number of nitrogens with one attached hydrogen (secondary N) is 2. The minimum absolute atomic E-state index is 0.00952. The maximum atomic E-state index is 12.0. The van der Waals surface area contributed by atoms with Crippen LogP contribution in [-0.2, 0) is 0 Å². The zero-order valence-corrected chi connectivity index (χ0v) is 13.3. The van der Waals surface area contributed by atoms with Crippen molar-refractivity contribution in [1.29, 1.82) is 0 Å². The van der Waals surface area contributed by atoms with E-state index in [-0.39, 0.29) is 18.7 Å². The molecule has 0 aliphatic carbocycles. The number of hydrogen-bond donors (Lipinski definition) is 3. The van der Waals surface area contributed by atoms with Crippen molar-refractivity contribution in [2.24, 2.45) is 0 Å². The van der Waals surface area contributed by atoms with E-state index < -0.39 is 0 Å². The van der Waals surface area contributed by atoms with Gasteiger partial charge in [0.2, 0.25) is 0 Å². The Labute approximate surface area is 132 Å². The van der Waals surface area contributed by atoms with E-state index in [4.69, 9.17) is 5.11 Å². The Hall–Kier alpha value is -1.75. The first-order valence-corrected chi connectivity index (χ1v) is 8.26. The van der Waals surface area contributed by atoms with Crippen molar-refractivity contribution in [3.05, 3.63) is 24.3 Å². The predicted octanol–water partition coefficient (Wildman–Crippen LogP) is 2.96. The van der Waals surface area contributed by atoms with Crippen molar-refractivity contribution < 1.29 is 9.90 Å². The highest BCUT2D eigenvalue weighted by Gasteiger charge is 2.13. The zero-order valence-electron chi connectivity index (χ0n) is 13.3. The number of anilines is 2. The van der Waals surface area contributed by atoms with Gasteiger partial charge in [-0.2, -0.15) is 0 Å². The molecule has 2 rings (SSSR count). The van der Waals surface area contributed by atoms with Gasteiger partial charge in [-0.1, -0.05) is 13.0 Å². The van der Waals surface area contributed by atoms with Crippen molar-refractivity contribution >= 4 is 17.4 Å². The number of rotatable bonds is 6. The molecular weight excluding hydrogens is 278 g/mol. The molecule has 22 heavy (non-hydrogen) atoms. The van der Waals surface area contributed by atoms with Crippen LogP contribution in [0, 0.1) is 0 Å². The molecule has 0 radical (unpaired) electrons. The third-order valence-corrected chi connectivity index (χ3v) is 4.13. The minimum atomic E-state index is -0.212. The summed E-state index contributed by atoms with van der Waals surface area (Å²) in [7, 11) is 0. The molecule has 5 nitrogen and oxygen atoms in total. The smallest absolute Gasteiger partial charge is 0.319 e. The Morgan fingerprint density at radius 3 is 2.77 bits per heavy atom. The second kappa shape index (κ2) is 8.63. The Balaban J connectivity index is 1.93. The fourth-order valence-corrected chi connectivity index (χ4v) is 2.82. The van der Waals surface area contributed by atoms with Crippen LogP contribution >= 0.6 is 0 Å². The number of amides is 2. The maximum absolute atomic E-state index is 12.0. The summed E-state index contributed by atoms with van der Waals surface area (Å²) in [5.41, 5.74) is 1.97. The van der Waals surface area contributed by atoms with Crippen molar-refractivity contribution in [2.75, 3.05) is 29.9 Å². The van der Waals surface area contributed by atoms with E-state index in [1.54, 1.807) is 0 Å². The fourth-order valence-electron chi connectivity index (χ4n) is 2.82. The number of hydrogen-bond acceptors (Lipinski definition) is 3. The molecule has 0 bridgehead atoms. The first-order chi connectivity index (χ1) is 10.7. The van der Waals surface area contributed by atoms with Crippen LogP contribution < -0.4 is 15.5 Å². The normalized spacial score (nSPS) is 16.2. The quantitative estimate of drug-likeness (QED) is 0.757. The van der Waals surface area contributed by atoms with E-state index in [1.165, 1.54) is 24.9 Å². The number of carbonyl (C=O) groups is 1. The Bertz CT molecular complexity index is 473. The van der Waals surface area contributed by atoms with Crippen LogP contribution in [0.5, 0.6) is 0 Å². The molecule has 1 aromatic carbocycles. The van der Waals surface area contributed by atoms with Gasteiger partial charge in [-0.05, 0) is 50.3 Å². The topological polar surface area (TPSA) is 64.6 Å². The van der Waals surface area contributed by atoms with Crippen molar-refractivity contribution in [2.45, 2.75) is 45.1 Å². The van der Waals surface area contributed by atoms with Crippen LogP contribution in [0.25, 0.3) is 0 Å². The van der Waals surface area contributed by atoms with E-state index >= 15 is 0 Å². The molecule has 1 aliphatic heterocycles. The SMILES string of the molecule is CCC(CCO)NC(=O)Nc1cccc(N2CCCCC2)c1. The average molecular weight is 305 g/mol. The van der Waals surface area contributed by atoms with E-state index in [1.807, 2.05) is 25.1 Å². The third-order valence-electron chi connectivity index (χ3n) is 4.13. The Kier molecular flexibility index (Phi) is 6.52. The van der Waals surface area contributed by atoms with Gasteiger partial charge in [0.1, 0.15) is 0 Å². The molecule has 1 fully saturated rings. The summed E-state index contributed by atoms with van der Waals surface area (Å²) >= 11 is 0. The molecular formula is C17H27N3O2. The van der Waals surface area contributed by atoms with Crippen molar-refractivity contribution in [3.63, 3.8) is 0 Å². The molecule has 5 heteroatoms. The lowest BCUT2D eigenvalue weighted by molar-refractivity contribution is 0.237. The number of benzene rings is 1. The van der Waals surface area contributed by atoms with Crippen LogP contribution in [0.3, 0.4) is 0 Å². The minimum Gasteiger partial charge on any atom is -0.396 e. The van der Waals surface area contributed by atoms with E-state index in [0.717, 1.165) is 25.2 Å². The molecule has 0 spiro atoms. The molecule has 1 aliphatic rings. The van der Waals surface area contributed by atoms with Crippen LogP contribution in [0.2, 0.25) is 0 Å². The lowest BCUT2D eigenvalue weighted by Crippen LogP contribution is -2.38. The monoisotopic (exact) mass is 305 g/mol. The molecule has 1 unspecified atom stereocenters. The van der Waals surface area contributed by atoms with E-state index in [9.17, 15) is 4.79 Å². The standard InChI is InChI=1S/C17H27N3O2/c1-2-14(9-12-21)18-17(22)19-15-7-6-8-16(13-15)20-10-4-3-5-11-20/h6-8,13-14,21H,2-5,9-12H2,1H3,(H2,18,19,22). The first-order valence-electron chi connectivity index (χ1n) is 8.26. The molecule has 1 aromatic rings. The van der Waals surface area contributed by atoms with Gasteiger partial charge in [0, 0.05) is 37.1 Å². The number of aliphatic hydroxyl groups excluding tert-OH is 1. The molecule has 1 saturated heterocycles. The first kappa shape index (κ1) is 16.6. The summed E-state index contributed by atoms with van der Waals surface area (Å²) in [6.45, 7) is 4.26. The van der Waals surface area contributed by atoms with Gasteiger partial charge in [0.25, 0.3) is 0 Å². The molecule has 122 valence electrons. The van der Waals surface area contributed by atoms with Crippen molar-refractivity contribution in [3.8, 4) is 0 Å². The van der Waals surface area contributed by atoms with Crippen LogP contribution in [0.15, 0.2) is 24.3 Å². The molecule has 1 atom stereocenters. The molecule has 3 N–H and O–H groups in total. The van der Waals surface area contributed by atoms with Crippen LogP contribution in [0.1, 0.15) is 39.0 Å². The molecule has 0 aromatic heterocycles. The van der Waals surface area contributed by atoms with Gasteiger partial charge in [-0.3, -0.25) is 0 Å². The maximum Gasteiger partial charge on any atom is 0.319 e. The summed E-state index contributed by atoms with van der Waals surface area (Å²) in [6.07, 6.45) is 5.16. The summed E-state index contributed by atoms with van der Waals surface area (Å²) in [6, 6.07) is 7.80. The Morgan fingerprint density at radius 2 is 2.09 bits per heavy atom. The third kappa shape index (κ3) is 4.91. The van der Waals surface area contributed by atoms with Gasteiger partial charge in [0.15, 0.2) is 0 Å². The van der Waals surface area contributed by atoms with Gasteiger partial charge >= 0.3 is 6.03 Å². The molecule has 2 amide bonds. The Morgan fingerprint density at radius 1 is 1.32 bits per heavy atom. The van der Waals surface area contributed by atoms with Gasteiger partial charge < -0.3 is 20.6 Å². The summed E-state index contributed by atoms with van der Waals surface area (Å²) in [4.78, 5) is 14.4. The second-order valence-electron chi connectivity index (χ2n) is 5.81. The lowest BCUT2D eigenvalue weighted by atomic mass is 10.1. The summed E-state index contributed by atoms with van der Waals surface area (Å²) in [5.74, 6) is 0. The van der Waals surface area contributed by atoms with Gasteiger partial charge in [0.05, 0.1) is 0 Å². The zero-order chi connectivity index (χ0) is 15.8. The van der Waals surface area contributed by atoms with Crippen molar-refractivity contribution in [1.82, 2.24) is 5.32 Å². The average Bonchev–Trinajstić information content (AvgIpc) is 2.55. The van der Waals surface area contributed by atoms with E-state index in [0.29, 0.717) is 6.42 Å². The number of nitrogens with zero attached hydrogens (tertiary/aromatic N) is 1. The number of piperidine rings is 1. The van der Waals surface area contributed by atoms with E-state index in [2.05, 4.69) is 21.6 Å². The summed E-state index contributed by atoms with van der Waals surface area (Å²) < 4.78 is 0. The van der Waals surface area contributed by atoms with Crippen LogP contribution in [-0.4, -0.2) is 36.9 Å². The molecule has 1 heterocycles. The fraction of sp³-hybridized carbons (Fsp3) is 0.588. The largest absolute Gasteiger partial charge is 0.396 e. The predicted molar refractivity (Wildman–Crippen MR) is 90.4 cm³/mol. The number of urea groups is 1. The highest BCUT2D eigenvalue weighted by molar-refractivity contribution is 5.90. The molecule has 0 saturated carbocycles. The number of aliphatic hydroxyl groups is 1. The van der Waals surface area contributed by atoms with Crippen LogP contribution in [0.4, 0.5) is 16.2 Å². The highest BCUT2D eigenvalue weighted by Crippen LogP contribution is 2.23. The number of carbonyl (C=O) groups excluding carboxylic acids is 1. The van der Waals surface area contributed by atoms with Gasteiger partial charge in [-0.15, -0.1) is 0 Å².